The minimum absolute atomic E-state index is 0.0624. The molecule has 0 aromatic heterocycles. The fourth-order valence-electron chi connectivity index (χ4n) is 3.60. The number of ether oxygens (including phenoxy) is 1. The lowest BCUT2D eigenvalue weighted by Gasteiger charge is -2.35. The zero-order valence-corrected chi connectivity index (χ0v) is 15.8. The minimum Gasteiger partial charge on any atom is -0.393 e. The van der Waals surface area contributed by atoms with Crippen molar-refractivity contribution in [3.8, 4) is 0 Å². The van der Waals surface area contributed by atoms with Gasteiger partial charge in [-0.15, -0.1) is 0 Å². The first kappa shape index (κ1) is 22.6. The van der Waals surface area contributed by atoms with Crippen LogP contribution in [0.5, 0.6) is 0 Å². The van der Waals surface area contributed by atoms with E-state index in [0.717, 1.165) is 12.0 Å². The molecule has 1 fully saturated rings. The number of benzene rings is 2. The van der Waals surface area contributed by atoms with E-state index in [1.165, 1.54) is 0 Å². The summed E-state index contributed by atoms with van der Waals surface area (Å²) in [5.74, 6) is 0. The van der Waals surface area contributed by atoms with E-state index in [2.05, 4.69) is 5.32 Å². The summed E-state index contributed by atoms with van der Waals surface area (Å²) in [4.78, 5) is 0. The predicted octanol–water partition coefficient (Wildman–Crippen LogP) is 5.27. The van der Waals surface area contributed by atoms with Crippen molar-refractivity contribution in [3.05, 3.63) is 70.8 Å². The molecular weight excluding hydrogens is 412 g/mol. The summed E-state index contributed by atoms with van der Waals surface area (Å²) in [7, 11) is 0. The van der Waals surface area contributed by atoms with Crippen molar-refractivity contribution in [2.24, 2.45) is 0 Å². The normalized spacial score (nSPS) is 21.4. The molecule has 1 aliphatic rings. The van der Waals surface area contributed by atoms with Gasteiger partial charge in [-0.3, -0.25) is 0 Å². The Kier molecular flexibility index (Phi) is 6.74. The average molecular weight is 433 g/mol. The standard InChI is InChI=1S/C21H21F6NO2/c22-20(23,24)15-9-14(10-16(11-15)21(25,26)27)18(12-29)30-17-7-4-8-28-19(17)13-5-2-1-3-6-13/h1-3,5-6,9-11,17-19,28-29H,4,7-8,12H2/t17-,18?,19-/m0/s1. The average Bonchev–Trinajstić information content (AvgIpc) is 2.71. The maximum absolute atomic E-state index is 13.2. The Morgan fingerprint density at radius 3 is 2.10 bits per heavy atom. The Labute approximate surface area is 169 Å². The number of hydrogen-bond acceptors (Lipinski definition) is 3. The van der Waals surface area contributed by atoms with E-state index >= 15 is 0 Å². The highest BCUT2D eigenvalue weighted by molar-refractivity contribution is 5.35. The smallest absolute Gasteiger partial charge is 0.393 e. The van der Waals surface area contributed by atoms with Crippen LogP contribution in [0.2, 0.25) is 0 Å². The van der Waals surface area contributed by atoms with Crippen molar-refractivity contribution in [2.45, 2.75) is 43.4 Å². The Balaban J connectivity index is 1.93. The van der Waals surface area contributed by atoms with Crippen molar-refractivity contribution in [2.75, 3.05) is 13.2 Å². The molecule has 164 valence electrons. The number of rotatable bonds is 5. The molecular formula is C21H21F6NO2. The Bertz CT molecular complexity index is 805. The molecule has 1 heterocycles. The van der Waals surface area contributed by atoms with E-state index in [0.29, 0.717) is 25.1 Å². The molecule has 9 heteroatoms. The van der Waals surface area contributed by atoms with Crippen LogP contribution in [0.25, 0.3) is 0 Å². The predicted molar refractivity (Wildman–Crippen MR) is 97.6 cm³/mol. The molecule has 1 aliphatic heterocycles. The van der Waals surface area contributed by atoms with Gasteiger partial charge in [-0.05, 0) is 48.7 Å². The third-order valence-corrected chi connectivity index (χ3v) is 5.05. The van der Waals surface area contributed by atoms with Gasteiger partial charge in [0.25, 0.3) is 0 Å². The van der Waals surface area contributed by atoms with Crippen molar-refractivity contribution in [1.82, 2.24) is 5.32 Å². The van der Waals surface area contributed by atoms with Gasteiger partial charge in [-0.1, -0.05) is 30.3 Å². The molecule has 0 amide bonds. The van der Waals surface area contributed by atoms with E-state index in [1.54, 1.807) is 0 Å². The second kappa shape index (κ2) is 8.95. The van der Waals surface area contributed by atoms with Gasteiger partial charge in [0.05, 0.1) is 29.9 Å². The van der Waals surface area contributed by atoms with Gasteiger partial charge in [0.2, 0.25) is 0 Å². The van der Waals surface area contributed by atoms with Crippen LogP contribution in [0.4, 0.5) is 26.3 Å². The van der Waals surface area contributed by atoms with Crippen LogP contribution in [0.1, 0.15) is 47.2 Å². The van der Waals surface area contributed by atoms with Crippen LogP contribution in [-0.4, -0.2) is 24.4 Å². The van der Waals surface area contributed by atoms with Gasteiger partial charge in [-0.25, -0.2) is 0 Å². The van der Waals surface area contributed by atoms with Crippen LogP contribution in [0.3, 0.4) is 0 Å². The molecule has 1 saturated heterocycles. The number of hydrogen-bond donors (Lipinski definition) is 2. The lowest BCUT2D eigenvalue weighted by Crippen LogP contribution is -2.40. The number of nitrogens with one attached hydrogen (secondary N) is 1. The van der Waals surface area contributed by atoms with Crippen LogP contribution in [-0.2, 0) is 17.1 Å². The molecule has 3 rings (SSSR count). The van der Waals surface area contributed by atoms with Gasteiger partial charge in [-0.2, -0.15) is 26.3 Å². The lowest BCUT2D eigenvalue weighted by molar-refractivity contribution is -0.143. The summed E-state index contributed by atoms with van der Waals surface area (Å²) in [5.41, 5.74) is -2.34. The van der Waals surface area contributed by atoms with Gasteiger partial charge in [0, 0.05) is 0 Å². The summed E-state index contributed by atoms with van der Waals surface area (Å²) in [6.07, 6.45) is -10.5. The lowest BCUT2D eigenvalue weighted by atomic mass is 9.94. The monoisotopic (exact) mass is 433 g/mol. The second-order valence-electron chi connectivity index (χ2n) is 7.17. The number of aliphatic hydroxyl groups is 1. The molecule has 1 unspecified atom stereocenters. The largest absolute Gasteiger partial charge is 0.416 e. The van der Waals surface area contributed by atoms with Gasteiger partial charge in [0.1, 0.15) is 6.10 Å². The highest BCUT2D eigenvalue weighted by atomic mass is 19.4. The molecule has 30 heavy (non-hydrogen) atoms. The van der Waals surface area contributed by atoms with Crippen molar-refractivity contribution < 1.29 is 36.2 Å². The highest BCUT2D eigenvalue weighted by Crippen LogP contribution is 2.39. The topological polar surface area (TPSA) is 41.5 Å². The summed E-state index contributed by atoms with van der Waals surface area (Å²) in [6, 6.07) is 10.2. The number of alkyl halides is 6. The third kappa shape index (κ3) is 5.33. The SMILES string of the molecule is OCC(O[C@H]1CCCN[C@H]1c1ccccc1)c1cc(C(F)(F)F)cc(C(F)(F)F)c1. The zero-order chi connectivity index (χ0) is 21.9. The molecule has 3 atom stereocenters. The first-order chi connectivity index (χ1) is 14.1. The van der Waals surface area contributed by atoms with Crippen LogP contribution < -0.4 is 5.32 Å². The quantitative estimate of drug-likeness (QED) is 0.632. The van der Waals surface area contributed by atoms with Crippen LogP contribution in [0.15, 0.2) is 48.5 Å². The maximum atomic E-state index is 13.2. The Hall–Kier alpha value is -2.10. The minimum atomic E-state index is -4.96. The third-order valence-electron chi connectivity index (χ3n) is 5.05. The molecule has 0 spiro atoms. The second-order valence-corrected chi connectivity index (χ2v) is 7.17. The van der Waals surface area contributed by atoms with Crippen LogP contribution >= 0.6 is 0 Å². The van der Waals surface area contributed by atoms with Gasteiger partial charge >= 0.3 is 12.4 Å². The fraction of sp³-hybridized carbons (Fsp3) is 0.429. The highest BCUT2D eigenvalue weighted by Gasteiger charge is 2.38. The molecule has 0 aliphatic carbocycles. The zero-order valence-electron chi connectivity index (χ0n) is 15.8. The fourth-order valence-corrected chi connectivity index (χ4v) is 3.60. The Morgan fingerprint density at radius 2 is 1.57 bits per heavy atom. The van der Waals surface area contributed by atoms with E-state index in [1.807, 2.05) is 30.3 Å². The first-order valence-electron chi connectivity index (χ1n) is 9.43. The molecule has 0 bridgehead atoms. The van der Waals surface area contributed by atoms with Crippen molar-refractivity contribution >= 4 is 0 Å². The number of piperidine rings is 1. The van der Waals surface area contributed by atoms with Crippen molar-refractivity contribution in [3.63, 3.8) is 0 Å². The number of aliphatic hydroxyl groups excluding tert-OH is 1. The molecule has 3 nitrogen and oxygen atoms in total. The molecule has 0 saturated carbocycles. The summed E-state index contributed by atoms with van der Waals surface area (Å²) in [5, 5.41) is 13.0. The van der Waals surface area contributed by atoms with Gasteiger partial charge < -0.3 is 15.2 Å². The van der Waals surface area contributed by atoms with E-state index < -0.39 is 42.3 Å². The molecule has 2 aromatic carbocycles. The first-order valence-corrected chi connectivity index (χ1v) is 9.43. The molecule has 0 radical (unpaired) electrons. The van der Waals surface area contributed by atoms with Crippen LogP contribution in [0, 0.1) is 0 Å². The Morgan fingerprint density at radius 1 is 0.967 bits per heavy atom. The van der Waals surface area contributed by atoms with Crippen molar-refractivity contribution in [1.29, 1.82) is 0 Å². The van der Waals surface area contributed by atoms with Gasteiger partial charge in [0.15, 0.2) is 0 Å². The van der Waals surface area contributed by atoms with E-state index in [9.17, 15) is 31.4 Å². The summed E-state index contributed by atoms with van der Waals surface area (Å²) >= 11 is 0. The summed E-state index contributed by atoms with van der Waals surface area (Å²) in [6.45, 7) is -0.0540. The number of halogens is 6. The van der Waals surface area contributed by atoms with E-state index in [-0.39, 0.29) is 17.7 Å². The molecule has 2 aromatic rings. The summed E-state index contributed by atoms with van der Waals surface area (Å²) < 4.78 is 84.9. The van der Waals surface area contributed by atoms with E-state index in [4.69, 9.17) is 4.74 Å². The maximum Gasteiger partial charge on any atom is 0.416 e. The molecule has 2 N–H and O–H groups in total.